The molecule has 0 spiro atoms. The molecule has 1 atom stereocenters. The summed E-state index contributed by atoms with van der Waals surface area (Å²) in [4.78, 5) is 8.34. The Morgan fingerprint density at radius 2 is 1.87 bits per heavy atom. The van der Waals surface area contributed by atoms with E-state index in [1.54, 1.807) is 24.5 Å². The van der Waals surface area contributed by atoms with Crippen LogP contribution in [0, 0.1) is 0 Å². The lowest BCUT2D eigenvalue weighted by molar-refractivity contribution is 0.0644. The molecule has 2 heterocycles. The van der Waals surface area contributed by atoms with Crippen molar-refractivity contribution in [3.63, 3.8) is 0 Å². The van der Waals surface area contributed by atoms with E-state index in [4.69, 9.17) is 37.4 Å². The molecular formula is C16H16Cl2N2O3. The first-order chi connectivity index (χ1) is 11.2. The fourth-order valence-electron chi connectivity index (χ4n) is 2.24. The summed E-state index contributed by atoms with van der Waals surface area (Å²) < 4.78 is 16.9. The SMILES string of the molecule is Clc1ccc(COc2nccnc2OCC2CCCO2)cc1Cl. The molecule has 2 aromatic rings. The quantitative estimate of drug-likeness (QED) is 0.786. The highest BCUT2D eigenvalue weighted by molar-refractivity contribution is 6.42. The number of hydrogen-bond donors (Lipinski definition) is 0. The van der Waals surface area contributed by atoms with Crippen molar-refractivity contribution in [3.8, 4) is 11.8 Å². The van der Waals surface area contributed by atoms with Gasteiger partial charge in [0.2, 0.25) is 0 Å². The fraction of sp³-hybridized carbons (Fsp3) is 0.375. The first-order valence-corrected chi connectivity index (χ1v) is 8.10. The van der Waals surface area contributed by atoms with E-state index in [1.807, 2.05) is 6.07 Å². The van der Waals surface area contributed by atoms with Crippen LogP contribution in [0.1, 0.15) is 18.4 Å². The molecule has 1 aromatic heterocycles. The Bertz CT molecular complexity index is 664. The number of nitrogens with zero attached hydrogens (tertiary/aromatic N) is 2. The highest BCUT2D eigenvalue weighted by Gasteiger charge is 2.18. The first kappa shape index (κ1) is 16.3. The summed E-state index contributed by atoms with van der Waals surface area (Å²) in [5, 5.41) is 0.997. The van der Waals surface area contributed by atoms with Gasteiger partial charge in [-0.3, -0.25) is 0 Å². The zero-order chi connectivity index (χ0) is 16.1. The van der Waals surface area contributed by atoms with Crippen molar-refractivity contribution in [1.29, 1.82) is 0 Å². The predicted octanol–water partition coefficient (Wildman–Crippen LogP) is 3.92. The molecule has 0 amide bonds. The van der Waals surface area contributed by atoms with Gasteiger partial charge in [0, 0.05) is 19.0 Å². The van der Waals surface area contributed by atoms with Crippen LogP contribution in [0.2, 0.25) is 10.0 Å². The highest BCUT2D eigenvalue weighted by atomic mass is 35.5. The van der Waals surface area contributed by atoms with Crippen molar-refractivity contribution < 1.29 is 14.2 Å². The highest BCUT2D eigenvalue weighted by Crippen LogP contribution is 2.25. The van der Waals surface area contributed by atoms with Crippen molar-refractivity contribution >= 4 is 23.2 Å². The maximum absolute atomic E-state index is 6.00. The van der Waals surface area contributed by atoms with Crippen LogP contribution >= 0.6 is 23.2 Å². The molecule has 0 aliphatic carbocycles. The maximum Gasteiger partial charge on any atom is 0.278 e. The van der Waals surface area contributed by atoms with Crippen LogP contribution < -0.4 is 9.47 Å². The Morgan fingerprint density at radius 3 is 2.57 bits per heavy atom. The van der Waals surface area contributed by atoms with E-state index in [2.05, 4.69) is 9.97 Å². The molecule has 1 aromatic carbocycles. The Hall–Kier alpha value is -1.56. The number of ether oxygens (including phenoxy) is 3. The second-order valence-electron chi connectivity index (χ2n) is 5.15. The Kier molecular flexibility index (Phi) is 5.54. The number of hydrogen-bond acceptors (Lipinski definition) is 5. The van der Waals surface area contributed by atoms with Crippen LogP contribution in [0.4, 0.5) is 0 Å². The summed E-state index contributed by atoms with van der Waals surface area (Å²) in [7, 11) is 0. The summed E-state index contributed by atoms with van der Waals surface area (Å²) in [6, 6.07) is 5.33. The minimum atomic E-state index is 0.111. The summed E-state index contributed by atoms with van der Waals surface area (Å²) >= 11 is 11.9. The summed E-state index contributed by atoms with van der Waals surface area (Å²) in [5.41, 5.74) is 0.884. The monoisotopic (exact) mass is 354 g/mol. The van der Waals surface area contributed by atoms with E-state index in [0.717, 1.165) is 25.0 Å². The van der Waals surface area contributed by atoms with E-state index in [1.165, 1.54) is 0 Å². The number of rotatable bonds is 6. The van der Waals surface area contributed by atoms with Gasteiger partial charge in [-0.15, -0.1) is 0 Å². The minimum Gasteiger partial charge on any atom is -0.471 e. The number of aromatic nitrogens is 2. The van der Waals surface area contributed by atoms with Crippen molar-refractivity contribution in [2.24, 2.45) is 0 Å². The third kappa shape index (κ3) is 4.47. The molecule has 1 aliphatic heterocycles. The van der Waals surface area contributed by atoms with Gasteiger partial charge < -0.3 is 14.2 Å². The second kappa shape index (κ2) is 7.81. The minimum absolute atomic E-state index is 0.111. The van der Waals surface area contributed by atoms with E-state index in [9.17, 15) is 0 Å². The average Bonchev–Trinajstić information content (AvgIpc) is 3.08. The lowest BCUT2D eigenvalue weighted by Crippen LogP contribution is -2.17. The fourth-order valence-corrected chi connectivity index (χ4v) is 2.56. The van der Waals surface area contributed by atoms with E-state index < -0.39 is 0 Å². The first-order valence-electron chi connectivity index (χ1n) is 7.34. The van der Waals surface area contributed by atoms with Crippen LogP contribution in [-0.4, -0.2) is 29.3 Å². The van der Waals surface area contributed by atoms with Crippen LogP contribution in [0.5, 0.6) is 11.8 Å². The molecule has 1 unspecified atom stereocenters. The maximum atomic E-state index is 6.00. The lowest BCUT2D eigenvalue weighted by atomic mass is 10.2. The lowest BCUT2D eigenvalue weighted by Gasteiger charge is -2.13. The van der Waals surface area contributed by atoms with Crippen LogP contribution in [0.15, 0.2) is 30.6 Å². The molecular weight excluding hydrogens is 339 g/mol. The summed E-state index contributed by atoms with van der Waals surface area (Å²) in [5.74, 6) is 0.708. The molecule has 0 N–H and O–H groups in total. The van der Waals surface area contributed by atoms with Gasteiger partial charge in [0.25, 0.3) is 11.8 Å². The molecule has 1 saturated heterocycles. The molecule has 0 radical (unpaired) electrons. The van der Waals surface area contributed by atoms with Gasteiger partial charge in [-0.05, 0) is 30.5 Å². The zero-order valence-corrected chi connectivity index (χ0v) is 13.9. The van der Waals surface area contributed by atoms with Crippen molar-refractivity contribution in [3.05, 3.63) is 46.2 Å². The summed E-state index contributed by atoms with van der Waals surface area (Å²) in [6.45, 7) is 1.53. The Balaban J connectivity index is 1.61. The Labute approximate surface area is 144 Å². The van der Waals surface area contributed by atoms with Gasteiger partial charge in [0.05, 0.1) is 16.1 Å². The molecule has 7 heteroatoms. The molecule has 122 valence electrons. The van der Waals surface area contributed by atoms with Crippen molar-refractivity contribution in [1.82, 2.24) is 9.97 Å². The third-order valence-electron chi connectivity index (χ3n) is 3.42. The topological polar surface area (TPSA) is 53.5 Å². The van der Waals surface area contributed by atoms with Gasteiger partial charge in [0.15, 0.2) is 0 Å². The zero-order valence-electron chi connectivity index (χ0n) is 12.4. The van der Waals surface area contributed by atoms with Gasteiger partial charge in [0.1, 0.15) is 13.2 Å². The van der Waals surface area contributed by atoms with Gasteiger partial charge in [-0.2, -0.15) is 0 Å². The molecule has 3 rings (SSSR count). The normalized spacial score (nSPS) is 17.2. The molecule has 5 nitrogen and oxygen atoms in total. The van der Waals surface area contributed by atoms with E-state index in [0.29, 0.717) is 35.0 Å². The number of halogens is 2. The number of benzene rings is 1. The van der Waals surface area contributed by atoms with Gasteiger partial charge in [-0.1, -0.05) is 29.3 Å². The Morgan fingerprint density at radius 1 is 1.09 bits per heavy atom. The third-order valence-corrected chi connectivity index (χ3v) is 4.16. The van der Waals surface area contributed by atoms with Gasteiger partial charge >= 0.3 is 0 Å². The van der Waals surface area contributed by atoms with Crippen LogP contribution in [-0.2, 0) is 11.3 Å². The second-order valence-corrected chi connectivity index (χ2v) is 5.96. The van der Waals surface area contributed by atoms with Crippen molar-refractivity contribution in [2.75, 3.05) is 13.2 Å². The molecule has 23 heavy (non-hydrogen) atoms. The molecule has 0 bridgehead atoms. The smallest absolute Gasteiger partial charge is 0.278 e. The van der Waals surface area contributed by atoms with Crippen molar-refractivity contribution in [2.45, 2.75) is 25.6 Å². The van der Waals surface area contributed by atoms with Gasteiger partial charge in [-0.25, -0.2) is 9.97 Å². The van der Waals surface area contributed by atoms with Crippen LogP contribution in [0.25, 0.3) is 0 Å². The van der Waals surface area contributed by atoms with E-state index in [-0.39, 0.29) is 6.10 Å². The molecule has 0 saturated carbocycles. The largest absolute Gasteiger partial charge is 0.471 e. The summed E-state index contributed by atoms with van der Waals surface area (Å²) in [6.07, 6.45) is 5.30. The average molecular weight is 355 g/mol. The molecule has 1 aliphatic rings. The van der Waals surface area contributed by atoms with E-state index >= 15 is 0 Å². The predicted molar refractivity (Wildman–Crippen MR) is 87.3 cm³/mol. The van der Waals surface area contributed by atoms with Crippen LogP contribution in [0.3, 0.4) is 0 Å². The molecule has 1 fully saturated rings. The standard InChI is InChI=1S/C16H16Cl2N2O3/c17-13-4-3-11(8-14(13)18)9-22-15-16(20-6-5-19-15)23-10-12-2-1-7-21-12/h3-6,8,12H,1-2,7,9-10H2.